The first-order valence-electron chi connectivity index (χ1n) is 15.4. The largest absolute Gasteiger partial charge is 0.480 e. The van der Waals surface area contributed by atoms with Crippen molar-refractivity contribution in [2.45, 2.75) is 37.4 Å². The SMILES string of the molecule is O=C(O)CN(Cc1ccccc1)C(=O)C1(NC(=O)OCC2c3ccccc3-c3ccccc32)CCN(Cc2ccccc2)CC1. The van der Waals surface area contributed by atoms with E-state index in [-0.39, 0.29) is 19.1 Å². The number of carboxylic acids is 1. The second-order valence-corrected chi connectivity index (χ2v) is 11.8. The van der Waals surface area contributed by atoms with E-state index < -0.39 is 30.1 Å². The number of carbonyl (C=O) groups excluding carboxylic acids is 2. The Morgan fingerprint density at radius 1 is 0.778 bits per heavy atom. The van der Waals surface area contributed by atoms with Crippen LogP contribution in [0.5, 0.6) is 0 Å². The molecule has 0 saturated carbocycles. The molecule has 2 N–H and O–H groups in total. The van der Waals surface area contributed by atoms with Crippen LogP contribution in [-0.2, 0) is 27.4 Å². The van der Waals surface area contributed by atoms with Gasteiger partial charge in [0.05, 0.1) is 0 Å². The predicted octanol–water partition coefficient (Wildman–Crippen LogP) is 5.67. The van der Waals surface area contributed by atoms with Gasteiger partial charge in [0.1, 0.15) is 18.7 Å². The highest BCUT2D eigenvalue weighted by atomic mass is 16.5. The number of hydrogen-bond donors (Lipinski definition) is 2. The van der Waals surface area contributed by atoms with Gasteiger partial charge in [-0.05, 0) is 46.2 Å². The summed E-state index contributed by atoms with van der Waals surface area (Å²) < 4.78 is 5.87. The Labute approximate surface area is 263 Å². The molecule has 2 aliphatic rings. The molecule has 1 heterocycles. The quantitative estimate of drug-likeness (QED) is 0.242. The maximum absolute atomic E-state index is 14.3. The van der Waals surface area contributed by atoms with E-state index >= 15 is 0 Å². The fourth-order valence-corrected chi connectivity index (χ4v) is 6.63. The van der Waals surface area contributed by atoms with Crippen molar-refractivity contribution in [2.75, 3.05) is 26.2 Å². The molecule has 0 radical (unpaired) electrons. The number of hydrogen-bond acceptors (Lipinski definition) is 5. The van der Waals surface area contributed by atoms with E-state index in [4.69, 9.17) is 4.74 Å². The Kier molecular flexibility index (Phi) is 8.93. The van der Waals surface area contributed by atoms with Crippen LogP contribution in [-0.4, -0.2) is 64.7 Å². The summed E-state index contributed by atoms with van der Waals surface area (Å²) in [5.41, 5.74) is 5.13. The van der Waals surface area contributed by atoms with Gasteiger partial charge in [0, 0.05) is 32.1 Å². The smallest absolute Gasteiger partial charge is 0.408 e. The zero-order chi connectivity index (χ0) is 31.2. The number of alkyl carbamates (subject to hydrolysis) is 1. The molecule has 4 aromatic rings. The number of piperidine rings is 1. The van der Waals surface area contributed by atoms with E-state index in [1.807, 2.05) is 72.8 Å². The van der Waals surface area contributed by atoms with Crippen LogP contribution in [0.1, 0.15) is 41.0 Å². The van der Waals surface area contributed by atoms with Crippen LogP contribution in [0.15, 0.2) is 109 Å². The zero-order valence-corrected chi connectivity index (χ0v) is 25.1. The van der Waals surface area contributed by atoms with Crippen LogP contribution in [0, 0.1) is 0 Å². The van der Waals surface area contributed by atoms with Crippen molar-refractivity contribution in [1.82, 2.24) is 15.1 Å². The minimum Gasteiger partial charge on any atom is -0.480 e. The minimum absolute atomic E-state index is 0.118. The van der Waals surface area contributed by atoms with Gasteiger partial charge < -0.3 is 20.1 Å². The van der Waals surface area contributed by atoms with E-state index in [2.05, 4.69) is 46.6 Å². The van der Waals surface area contributed by atoms with Crippen molar-refractivity contribution in [3.8, 4) is 11.1 Å². The standard InChI is InChI=1S/C37H37N3O5/c41-34(42)25-40(24-28-13-5-2-6-14-28)35(43)37(19-21-39(22-20-37)23-27-11-3-1-4-12-27)38-36(44)45-26-33-31-17-9-7-15-29(31)30-16-8-10-18-32(30)33/h1-18,33H,19-26H2,(H,38,44)(H,41,42). The van der Waals surface area contributed by atoms with Gasteiger partial charge in [-0.15, -0.1) is 0 Å². The maximum Gasteiger partial charge on any atom is 0.408 e. The van der Waals surface area contributed by atoms with Crippen LogP contribution in [0.4, 0.5) is 4.79 Å². The van der Waals surface area contributed by atoms with Gasteiger partial charge in [0.25, 0.3) is 0 Å². The van der Waals surface area contributed by atoms with E-state index in [0.29, 0.717) is 25.9 Å². The third kappa shape index (κ3) is 6.76. The number of likely N-dealkylation sites (tertiary alicyclic amines) is 1. The van der Waals surface area contributed by atoms with Crippen LogP contribution in [0.25, 0.3) is 11.1 Å². The second kappa shape index (κ2) is 13.4. The highest BCUT2D eigenvalue weighted by Gasteiger charge is 2.46. The third-order valence-electron chi connectivity index (χ3n) is 8.88. The lowest BCUT2D eigenvalue weighted by molar-refractivity contribution is -0.149. The fraction of sp³-hybridized carbons (Fsp3) is 0.270. The summed E-state index contributed by atoms with van der Waals surface area (Å²) >= 11 is 0. The topological polar surface area (TPSA) is 99.2 Å². The molecule has 0 unspecified atom stereocenters. The Hall–Kier alpha value is -4.95. The summed E-state index contributed by atoms with van der Waals surface area (Å²) in [4.78, 5) is 43.3. The molecular weight excluding hydrogens is 566 g/mol. The molecule has 0 aromatic heterocycles. The minimum atomic E-state index is -1.31. The summed E-state index contributed by atoms with van der Waals surface area (Å²) in [5, 5.41) is 12.7. The first kappa shape index (κ1) is 30.1. The van der Waals surface area contributed by atoms with Crippen LogP contribution in [0.2, 0.25) is 0 Å². The number of nitrogens with one attached hydrogen (secondary N) is 1. The van der Waals surface area contributed by atoms with E-state index in [9.17, 15) is 19.5 Å². The third-order valence-corrected chi connectivity index (χ3v) is 8.88. The van der Waals surface area contributed by atoms with E-state index in [1.165, 1.54) is 4.90 Å². The van der Waals surface area contributed by atoms with Gasteiger partial charge in [0.15, 0.2) is 0 Å². The van der Waals surface area contributed by atoms with Crippen molar-refractivity contribution in [2.24, 2.45) is 0 Å². The first-order chi connectivity index (χ1) is 21.9. The highest BCUT2D eigenvalue weighted by molar-refractivity contribution is 5.92. The van der Waals surface area contributed by atoms with Gasteiger partial charge in [-0.2, -0.15) is 0 Å². The molecule has 45 heavy (non-hydrogen) atoms. The Morgan fingerprint density at radius 3 is 1.89 bits per heavy atom. The molecule has 1 aliphatic heterocycles. The average molecular weight is 604 g/mol. The van der Waals surface area contributed by atoms with Crippen molar-refractivity contribution in [1.29, 1.82) is 0 Å². The van der Waals surface area contributed by atoms with Crippen molar-refractivity contribution in [3.63, 3.8) is 0 Å². The lowest BCUT2D eigenvalue weighted by Crippen LogP contribution is -2.64. The lowest BCUT2D eigenvalue weighted by Gasteiger charge is -2.43. The molecule has 1 fully saturated rings. The highest BCUT2D eigenvalue weighted by Crippen LogP contribution is 2.44. The fourth-order valence-electron chi connectivity index (χ4n) is 6.63. The number of carboxylic acid groups (broad SMARTS) is 1. The summed E-state index contributed by atoms with van der Waals surface area (Å²) in [6.07, 6.45) is -0.0293. The number of nitrogens with zero attached hydrogens (tertiary/aromatic N) is 2. The molecule has 0 spiro atoms. The second-order valence-electron chi connectivity index (χ2n) is 11.8. The molecule has 4 aromatic carbocycles. The summed E-state index contributed by atoms with van der Waals surface area (Å²) in [7, 11) is 0. The van der Waals surface area contributed by atoms with Gasteiger partial charge in [0.2, 0.25) is 5.91 Å². The van der Waals surface area contributed by atoms with Gasteiger partial charge in [-0.3, -0.25) is 14.5 Å². The Morgan fingerprint density at radius 2 is 1.31 bits per heavy atom. The average Bonchev–Trinajstić information content (AvgIpc) is 3.38. The predicted molar refractivity (Wildman–Crippen MR) is 171 cm³/mol. The number of fused-ring (bicyclic) bond motifs is 3. The maximum atomic E-state index is 14.3. The Bertz CT molecular complexity index is 1610. The number of carbonyl (C=O) groups is 3. The first-order valence-corrected chi connectivity index (χ1v) is 15.4. The molecule has 6 rings (SSSR count). The number of benzene rings is 4. The summed E-state index contributed by atoms with van der Waals surface area (Å²) in [6.45, 7) is 1.59. The molecule has 0 bridgehead atoms. The van der Waals surface area contributed by atoms with E-state index in [0.717, 1.165) is 39.9 Å². The summed E-state index contributed by atoms with van der Waals surface area (Å²) in [5.74, 6) is -1.65. The van der Waals surface area contributed by atoms with Crippen LogP contribution >= 0.6 is 0 Å². The zero-order valence-electron chi connectivity index (χ0n) is 25.1. The van der Waals surface area contributed by atoms with Crippen molar-refractivity contribution >= 4 is 18.0 Å². The molecule has 230 valence electrons. The van der Waals surface area contributed by atoms with Crippen LogP contribution < -0.4 is 5.32 Å². The van der Waals surface area contributed by atoms with Gasteiger partial charge in [-0.25, -0.2) is 4.79 Å². The summed E-state index contributed by atoms with van der Waals surface area (Å²) in [6, 6.07) is 35.6. The molecule has 8 nitrogen and oxygen atoms in total. The molecule has 0 atom stereocenters. The van der Waals surface area contributed by atoms with E-state index in [1.54, 1.807) is 0 Å². The molecule has 2 amide bonds. The molecule has 1 saturated heterocycles. The lowest BCUT2D eigenvalue weighted by atomic mass is 9.85. The molecule has 8 heteroatoms. The Balaban J connectivity index is 1.21. The number of amides is 2. The van der Waals surface area contributed by atoms with Gasteiger partial charge in [-0.1, -0.05) is 109 Å². The van der Waals surface area contributed by atoms with Crippen molar-refractivity contribution in [3.05, 3.63) is 131 Å². The monoisotopic (exact) mass is 603 g/mol. The molecular formula is C37H37N3O5. The normalized spacial score (nSPS) is 15.5. The molecule has 1 aliphatic carbocycles. The van der Waals surface area contributed by atoms with Crippen LogP contribution in [0.3, 0.4) is 0 Å². The number of ether oxygens (including phenoxy) is 1. The number of rotatable bonds is 10. The van der Waals surface area contributed by atoms with Gasteiger partial charge >= 0.3 is 12.1 Å². The van der Waals surface area contributed by atoms with Crippen molar-refractivity contribution < 1.29 is 24.2 Å². The number of aliphatic carboxylic acids is 1.